The van der Waals surface area contributed by atoms with Gasteiger partial charge in [0.1, 0.15) is 9.22 Å². The summed E-state index contributed by atoms with van der Waals surface area (Å²) in [6, 6.07) is 11.2. The van der Waals surface area contributed by atoms with Crippen molar-refractivity contribution in [3.8, 4) is 10.7 Å². The van der Waals surface area contributed by atoms with E-state index in [-0.39, 0.29) is 6.04 Å². The fourth-order valence-corrected chi connectivity index (χ4v) is 7.89. The van der Waals surface area contributed by atoms with Gasteiger partial charge < -0.3 is 4.57 Å². The highest BCUT2D eigenvalue weighted by atomic mass is 32.2. The molecular formula is C24H30N4O2S3. The molecule has 0 radical (unpaired) electrons. The van der Waals surface area contributed by atoms with E-state index in [2.05, 4.69) is 29.4 Å². The number of anilines is 1. The molecule has 0 fully saturated rings. The predicted molar refractivity (Wildman–Crippen MR) is 140 cm³/mol. The number of nitrogens with zero attached hydrogens (tertiary/aromatic N) is 4. The molecular weight excluding hydrogens is 472 g/mol. The molecule has 6 nitrogen and oxygen atoms in total. The topological polar surface area (TPSA) is 58.4 Å². The van der Waals surface area contributed by atoms with Crippen molar-refractivity contribution < 1.29 is 8.42 Å². The van der Waals surface area contributed by atoms with Gasteiger partial charge in [-0.3, -0.25) is 9.21 Å². The van der Waals surface area contributed by atoms with E-state index in [1.165, 1.54) is 16.2 Å². The molecule has 0 saturated carbocycles. The molecule has 0 saturated heterocycles. The highest BCUT2D eigenvalue weighted by Gasteiger charge is 2.30. The molecule has 4 rings (SSSR count). The van der Waals surface area contributed by atoms with Crippen LogP contribution in [0.2, 0.25) is 0 Å². The van der Waals surface area contributed by atoms with Gasteiger partial charge in [0.2, 0.25) is 0 Å². The van der Waals surface area contributed by atoms with E-state index in [0.717, 1.165) is 41.2 Å². The second-order valence-corrected chi connectivity index (χ2v) is 12.3. The van der Waals surface area contributed by atoms with Crippen LogP contribution in [0.5, 0.6) is 0 Å². The van der Waals surface area contributed by atoms with Crippen molar-refractivity contribution in [1.29, 1.82) is 0 Å². The maximum atomic E-state index is 13.5. The van der Waals surface area contributed by atoms with Crippen molar-refractivity contribution >= 4 is 49.3 Å². The molecule has 4 aromatic rings. The summed E-state index contributed by atoms with van der Waals surface area (Å²) in [5.41, 5.74) is 2.57. The van der Waals surface area contributed by atoms with Crippen molar-refractivity contribution in [3.63, 3.8) is 0 Å². The third-order valence-corrected chi connectivity index (χ3v) is 10.2. The molecule has 0 unspecified atom stereocenters. The van der Waals surface area contributed by atoms with Crippen LogP contribution in [0.4, 0.5) is 5.69 Å². The number of benzene rings is 1. The molecule has 3 aromatic heterocycles. The lowest BCUT2D eigenvalue weighted by Crippen LogP contribution is -2.37. The highest BCUT2D eigenvalue weighted by Crippen LogP contribution is 2.38. The number of aryl methyl sites for hydroxylation is 1. The average Bonchev–Trinajstić information content (AvgIpc) is 3.53. The van der Waals surface area contributed by atoms with Crippen molar-refractivity contribution in [2.24, 2.45) is 7.05 Å². The van der Waals surface area contributed by atoms with Crippen LogP contribution in [0.15, 0.2) is 52.2 Å². The Morgan fingerprint density at radius 3 is 2.52 bits per heavy atom. The number of thiazole rings is 1. The molecule has 33 heavy (non-hydrogen) atoms. The van der Waals surface area contributed by atoms with Crippen LogP contribution in [0.1, 0.15) is 32.6 Å². The number of para-hydroxylation sites is 1. The van der Waals surface area contributed by atoms with Crippen molar-refractivity contribution in [2.45, 2.75) is 44.5 Å². The minimum Gasteiger partial charge on any atom is -0.340 e. The lowest BCUT2D eigenvalue weighted by Gasteiger charge is -2.28. The molecule has 0 aliphatic heterocycles. The third-order valence-electron chi connectivity index (χ3n) is 5.80. The number of rotatable bonds is 9. The number of hydrogen-bond donors (Lipinski definition) is 0. The second-order valence-electron chi connectivity index (χ2n) is 8.22. The molecule has 0 spiro atoms. The van der Waals surface area contributed by atoms with Crippen LogP contribution >= 0.6 is 22.7 Å². The lowest BCUT2D eigenvalue weighted by atomic mass is 10.2. The first-order valence-corrected chi connectivity index (χ1v) is 14.2. The summed E-state index contributed by atoms with van der Waals surface area (Å²) in [6.45, 7) is 11.1. The maximum absolute atomic E-state index is 13.5. The molecule has 3 heterocycles. The molecule has 0 aliphatic rings. The Morgan fingerprint density at radius 2 is 1.88 bits per heavy atom. The molecule has 9 heteroatoms. The van der Waals surface area contributed by atoms with Gasteiger partial charge in [0, 0.05) is 36.1 Å². The molecule has 0 amide bonds. The van der Waals surface area contributed by atoms with E-state index in [1.807, 2.05) is 45.3 Å². The van der Waals surface area contributed by atoms with Crippen LogP contribution in [-0.2, 0) is 23.6 Å². The lowest BCUT2D eigenvalue weighted by molar-refractivity contribution is 0.298. The summed E-state index contributed by atoms with van der Waals surface area (Å²) in [5, 5.41) is 3.74. The number of aromatic nitrogens is 2. The minimum atomic E-state index is -3.67. The fraction of sp³-hybridized carbons (Fsp3) is 0.375. The van der Waals surface area contributed by atoms with E-state index in [1.54, 1.807) is 33.2 Å². The molecule has 1 aromatic carbocycles. The van der Waals surface area contributed by atoms with Crippen LogP contribution in [0, 0.1) is 0 Å². The summed E-state index contributed by atoms with van der Waals surface area (Å²) in [6.07, 6.45) is 1.96. The van der Waals surface area contributed by atoms with Crippen molar-refractivity contribution in [1.82, 2.24) is 14.5 Å². The predicted octanol–water partition coefficient (Wildman–Crippen LogP) is 5.81. The SMILES string of the molecule is CCN(CC)Cc1cnc(-c2cc3cccc(N(C(C)C)S(=O)(=O)c4cccs4)c3n2C)s1. The van der Waals surface area contributed by atoms with Crippen LogP contribution in [0.25, 0.3) is 21.6 Å². The first-order valence-electron chi connectivity index (χ1n) is 11.1. The van der Waals surface area contributed by atoms with E-state index in [0.29, 0.717) is 9.90 Å². The normalized spacial score (nSPS) is 12.3. The zero-order chi connectivity index (χ0) is 23.8. The second kappa shape index (κ2) is 9.58. The smallest absolute Gasteiger partial charge is 0.274 e. The Bertz CT molecular complexity index is 1330. The van der Waals surface area contributed by atoms with Crippen LogP contribution in [0.3, 0.4) is 0 Å². The first-order chi connectivity index (χ1) is 15.8. The largest absolute Gasteiger partial charge is 0.340 e. The molecule has 0 atom stereocenters. The van der Waals surface area contributed by atoms with Gasteiger partial charge >= 0.3 is 0 Å². The van der Waals surface area contributed by atoms with E-state index in [9.17, 15) is 8.42 Å². The van der Waals surface area contributed by atoms with Gasteiger partial charge in [-0.15, -0.1) is 22.7 Å². The Hall–Kier alpha value is -2.20. The molecule has 176 valence electrons. The first kappa shape index (κ1) is 23.9. The number of sulfonamides is 1. The minimum absolute atomic E-state index is 0.235. The Balaban J connectivity index is 1.81. The monoisotopic (exact) mass is 502 g/mol. The van der Waals surface area contributed by atoms with Gasteiger partial charge in [0.05, 0.1) is 16.9 Å². The standard InChI is InChI=1S/C24H30N4O2S3/c1-6-27(7-2)16-19-15-25-24(32-19)21-14-18-10-8-11-20(23(18)26(21)5)28(17(3)4)33(29,30)22-12-9-13-31-22/h8-15,17H,6-7,16H2,1-5H3. The molecule has 0 N–H and O–H groups in total. The Labute approximate surface area is 204 Å². The Kier molecular flexibility index (Phi) is 6.95. The van der Waals surface area contributed by atoms with E-state index < -0.39 is 10.0 Å². The summed E-state index contributed by atoms with van der Waals surface area (Å²) < 4.78 is 31.0. The summed E-state index contributed by atoms with van der Waals surface area (Å²) >= 11 is 2.94. The fourth-order valence-electron chi connectivity index (χ4n) is 4.14. The number of hydrogen-bond acceptors (Lipinski definition) is 6. The summed E-state index contributed by atoms with van der Waals surface area (Å²) in [5.74, 6) is 0. The van der Waals surface area contributed by atoms with Crippen molar-refractivity contribution in [3.05, 3.63) is 52.9 Å². The van der Waals surface area contributed by atoms with E-state index >= 15 is 0 Å². The van der Waals surface area contributed by atoms with Gasteiger partial charge in [-0.1, -0.05) is 32.0 Å². The number of thiophene rings is 1. The summed E-state index contributed by atoms with van der Waals surface area (Å²) in [4.78, 5) is 8.30. The number of fused-ring (bicyclic) bond motifs is 1. The summed E-state index contributed by atoms with van der Waals surface area (Å²) in [7, 11) is -1.68. The molecule has 0 bridgehead atoms. The maximum Gasteiger partial charge on any atom is 0.274 e. The van der Waals surface area contributed by atoms with Gasteiger partial charge in [0.25, 0.3) is 10.0 Å². The van der Waals surface area contributed by atoms with Gasteiger partial charge in [-0.05, 0) is 50.5 Å². The third kappa shape index (κ3) is 4.47. The Morgan fingerprint density at radius 1 is 1.12 bits per heavy atom. The van der Waals surface area contributed by atoms with Crippen molar-refractivity contribution in [2.75, 3.05) is 17.4 Å². The van der Waals surface area contributed by atoms with Crippen LogP contribution < -0.4 is 4.31 Å². The quantitative estimate of drug-likeness (QED) is 0.290. The van der Waals surface area contributed by atoms with E-state index in [4.69, 9.17) is 4.98 Å². The average molecular weight is 503 g/mol. The zero-order valence-electron chi connectivity index (χ0n) is 19.6. The molecule has 0 aliphatic carbocycles. The van der Waals surface area contributed by atoms with Gasteiger partial charge in [0.15, 0.2) is 0 Å². The van der Waals surface area contributed by atoms with Gasteiger partial charge in [-0.25, -0.2) is 13.4 Å². The van der Waals surface area contributed by atoms with Crippen LogP contribution in [-0.4, -0.2) is 42.0 Å². The highest BCUT2D eigenvalue weighted by molar-refractivity contribution is 7.94. The zero-order valence-corrected chi connectivity index (χ0v) is 22.1. The van der Waals surface area contributed by atoms with Gasteiger partial charge in [-0.2, -0.15) is 0 Å².